The fourth-order valence-electron chi connectivity index (χ4n) is 1.48. The van der Waals surface area contributed by atoms with Gasteiger partial charge >= 0.3 is 0 Å². The van der Waals surface area contributed by atoms with Gasteiger partial charge in [0.15, 0.2) is 0 Å². The summed E-state index contributed by atoms with van der Waals surface area (Å²) in [5.41, 5.74) is 0. The summed E-state index contributed by atoms with van der Waals surface area (Å²) in [6.45, 7) is 6.81. The number of hydrogen-bond donors (Lipinski definition) is 2. The Labute approximate surface area is 75.4 Å². The Morgan fingerprint density at radius 2 is 1.50 bits per heavy atom. The van der Waals surface area contributed by atoms with Gasteiger partial charge in [0.05, 0.1) is 0 Å². The van der Waals surface area contributed by atoms with Crippen LogP contribution in [0.15, 0.2) is 12.2 Å². The quantitative estimate of drug-likeness (QED) is 0.533. The molecule has 12 heavy (non-hydrogen) atoms. The molecular formula is C10H20N2. The van der Waals surface area contributed by atoms with Crippen molar-refractivity contribution in [2.24, 2.45) is 0 Å². The van der Waals surface area contributed by atoms with Crippen molar-refractivity contribution in [1.29, 1.82) is 0 Å². The molecule has 2 rings (SSSR count). The summed E-state index contributed by atoms with van der Waals surface area (Å²) in [5.74, 6) is 0. The Morgan fingerprint density at radius 1 is 1.00 bits per heavy atom. The van der Waals surface area contributed by atoms with Crippen LogP contribution in [-0.2, 0) is 0 Å². The van der Waals surface area contributed by atoms with Gasteiger partial charge in [0.1, 0.15) is 0 Å². The molecule has 0 radical (unpaired) electrons. The second-order valence-corrected chi connectivity index (χ2v) is 3.59. The minimum Gasteiger partial charge on any atom is -0.317 e. The van der Waals surface area contributed by atoms with Crippen molar-refractivity contribution in [2.75, 3.05) is 13.1 Å². The highest BCUT2D eigenvalue weighted by atomic mass is 14.9. The minimum absolute atomic E-state index is 0.593. The molecule has 2 aliphatic rings. The Hall–Kier alpha value is -0.340. The topological polar surface area (TPSA) is 24.1 Å². The predicted octanol–water partition coefficient (Wildman–Crippen LogP) is 1.29. The second kappa shape index (κ2) is 5.33. The van der Waals surface area contributed by atoms with E-state index in [1.807, 2.05) is 0 Å². The van der Waals surface area contributed by atoms with E-state index in [0.29, 0.717) is 12.1 Å². The van der Waals surface area contributed by atoms with Gasteiger partial charge in [0, 0.05) is 12.1 Å². The summed E-state index contributed by atoms with van der Waals surface area (Å²) < 4.78 is 0. The third-order valence-corrected chi connectivity index (χ3v) is 2.17. The molecule has 2 unspecified atom stereocenters. The summed E-state index contributed by atoms with van der Waals surface area (Å²) in [6, 6.07) is 1.19. The van der Waals surface area contributed by atoms with Gasteiger partial charge in [-0.1, -0.05) is 12.2 Å². The van der Waals surface area contributed by atoms with Crippen LogP contribution in [-0.4, -0.2) is 25.2 Å². The highest BCUT2D eigenvalue weighted by Gasteiger charge is 2.06. The Morgan fingerprint density at radius 3 is 1.67 bits per heavy atom. The van der Waals surface area contributed by atoms with E-state index in [0.717, 1.165) is 0 Å². The van der Waals surface area contributed by atoms with E-state index in [1.165, 1.54) is 25.9 Å². The first-order valence-corrected chi connectivity index (χ1v) is 4.94. The molecule has 2 heteroatoms. The van der Waals surface area contributed by atoms with Crippen LogP contribution in [0.4, 0.5) is 0 Å². The van der Waals surface area contributed by atoms with Crippen LogP contribution < -0.4 is 10.6 Å². The van der Waals surface area contributed by atoms with E-state index < -0.39 is 0 Å². The maximum atomic E-state index is 3.31. The molecule has 0 spiro atoms. The number of hydrogen-bond acceptors (Lipinski definition) is 2. The molecule has 2 nitrogen and oxygen atoms in total. The molecule has 2 atom stereocenters. The molecule has 0 aromatic carbocycles. The SMILES string of the molecule is C1CCNC1.CC1C=CC(C)N1. The summed E-state index contributed by atoms with van der Waals surface area (Å²) >= 11 is 0. The van der Waals surface area contributed by atoms with Crippen LogP contribution in [0.3, 0.4) is 0 Å². The highest BCUT2D eigenvalue weighted by Crippen LogP contribution is 1.98. The zero-order valence-electron chi connectivity index (χ0n) is 8.14. The molecular weight excluding hydrogens is 148 g/mol. The van der Waals surface area contributed by atoms with Crippen LogP contribution in [0.1, 0.15) is 26.7 Å². The normalized spacial score (nSPS) is 33.2. The van der Waals surface area contributed by atoms with Gasteiger partial charge < -0.3 is 10.6 Å². The van der Waals surface area contributed by atoms with Gasteiger partial charge in [-0.05, 0) is 39.8 Å². The van der Waals surface area contributed by atoms with E-state index in [1.54, 1.807) is 0 Å². The summed E-state index contributed by atoms with van der Waals surface area (Å²) in [5, 5.41) is 6.53. The first-order valence-electron chi connectivity index (χ1n) is 4.94. The third-order valence-electron chi connectivity index (χ3n) is 2.17. The predicted molar refractivity (Wildman–Crippen MR) is 53.3 cm³/mol. The maximum Gasteiger partial charge on any atom is 0.0227 e. The van der Waals surface area contributed by atoms with Gasteiger partial charge in [-0.25, -0.2) is 0 Å². The van der Waals surface area contributed by atoms with E-state index in [9.17, 15) is 0 Å². The second-order valence-electron chi connectivity index (χ2n) is 3.59. The first kappa shape index (κ1) is 9.75. The Bertz CT molecular complexity index is 121. The van der Waals surface area contributed by atoms with E-state index in [4.69, 9.17) is 0 Å². The van der Waals surface area contributed by atoms with Crippen LogP contribution in [0.25, 0.3) is 0 Å². The fourth-order valence-corrected chi connectivity index (χ4v) is 1.48. The lowest BCUT2D eigenvalue weighted by molar-refractivity contribution is 0.628. The lowest BCUT2D eigenvalue weighted by atomic mass is 10.4. The molecule has 2 heterocycles. The molecule has 2 N–H and O–H groups in total. The fraction of sp³-hybridized carbons (Fsp3) is 0.800. The van der Waals surface area contributed by atoms with Crippen molar-refractivity contribution in [1.82, 2.24) is 10.6 Å². The standard InChI is InChI=1S/C6H11N.C4H9N/c1-5-3-4-6(2)7-5;1-2-4-5-3-1/h3-7H,1-2H3;5H,1-4H2. The summed E-state index contributed by atoms with van der Waals surface area (Å²) in [4.78, 5) is 0. The molecule has 1 fully saturated rings. The van der Waals surface area contributed by atoms with Gasteiger partial charge in [0.25, 0.3) is 0 Å². The number of nitrogens with one attached hydrogen (secondary N) is 2. The molecule has 0 bridgehead atoms. The van der Waals surface area contributed by atoms with Crippen LogP contribution in [0.2, 0.25) is 0 Å². The molecule has 0 aromatic rings. The van der Waals surface area contributed by atoms with Crippen molar-refractivity contribution in [3.8, 4) is 0 Å². The minimum atomic E-state index is 0.593. The van der Waals surface area contributed by atoms with E-state index in [2.05, 4.69) is 36.6 Å². The average Bonchev–Trinajstić information content (AvgIpc) is 2.63. The molecule has 0 saturated carbocycles. The van der Waals surface area contributed by atoms with Crippen molar-refractivity contribution in [3.63, 3.8) is 0 Å². The van der Waals surface area contributed by atoms with E-state index in [-0.39, 0.29) is 0 Å². The van der Waals surface area contributed by atoms with Crippen molar-refractivity contribution in [2.45, 2.75) is 38.8 Å². The molecule has 2 aliphatic heterocycles. The molecule has 0 aromatic heterocycles. The van der Waals surface area contributed by atoms with Crippen molar-refractivity contribution in [3.05, 3.63) is 12.2 Å². The van der Waals surface area contributed by atoms with Gasteiger partial charge in [-0.3, -0.25) is 0 Å². The largest absolute Gasteiger partial charge is 0.317 e. The Balaban J connectivity index is 0.000000127. The zero-order chi connectivity index (χ0) is 8.81. The highest BCUT2D eigenvalue weighted by molar-refractivity contribution is 5.04. The van der Waals surface area contributed by atoms with Crippen LogP contribution >= 0.6 is 0 Å². The van der Waals surface area contributed by atoms with Gasteiger partial charge in [-0.2, -0.15) is 0 Å². The van der Waals surface area contributed by atoms with Crippen molar-refractivity contribution >= 4 is 0 Å². The maximum absolute atomic E-state index is 3.31. The third kappa shape index (κ3) is 3.88. The van der Waals surface area contributed by atoms with Crippen LogP contribution in [0, 0.1) is 0 Å². The molecule has 0 aliphatic carbocycles. The molecule has 0 amide bonds. The smallest absolute Gasteiger partial charge is 0.0227 e. The Kier molecular flexibility index (Phi) is 4.33. The van der Waals surface area contributed by atoms with Gasteiger partial charge in [0.2, 0.25) is 0 Å². The monoisotopic (exact) mass is 168 g/mol. The molecule has 70 valence electrons. The van der Waals surface area contributed by atoms with E-state index >= 15 is 0 Å². The molecule has 1 saturated heterocycles. The van der Waals surface area contributed by atoms with Gasteiger partial charge in [-0.15, -0.1) is 0 Å². The average molecular weight is 168 g/mol. The zero-order valence-corrected chi connectivity index (χ0v) is 8.14. The van der Waals surface area contributed by atoms with Crippen LogP contribution in [0.5, 0.6) is 0 Å². The summed E-state index contributed by atoms with van der Waals surface area (Å²) in [7, 11) is 0. The number of rotatable bonds is 0. The van der Waals surface area contributed by atoms with Crippen molar-refractivity contribution < 1.29 is 0 Å². The lowest BCUT2D eigenvalue weighted by Gasteiger charge is -2.02. The lowest BCUT2D eigenvalue weighted by Crippen LogP contribution is -2.25. The first-order chi connectivity index (χ1) is 5.79. The summed E-state index contributed by atoms with van der Waals surface area (Å²) in [6.07, 6.45) is 7.15.